The van der Waals surface area contributed by atoms with Crippen molar-refractivity contribution >= 4 is 45.8 Å². The molecule has 0 bridgehead atoms. The first-order valence-corrected chi connectivity index (χ1v) is 10.2. The van der Waals surface area contributed by atoms with Gasteiger partial charge in [0, 0.05) is 22.1 Å². The van der Waals surface area contributed by atoms with E-state index in [1.54, 1.807) is 19.1 Å². The van der Waals surface area contributed by atoms with E-state index in [0.717, 1.165) is 15.7 Å². The van der Waals surface area contributed by atoms with E-state index in [1.807, 2.05) is 66.7 Å². The van der Waals surface area contributed by atoms with Crippen molar-refractivity contribution in [1.82, 2.24) is 0 Å². The van der Waals surface area contributed by atoms with E-state index in [1.165, 1.54) is 0 Å². The fourth-order valence-electron chi connectivity index (χ4n) is 2.99. The van der Waals surface area contributed by atoms with Gasteiger partial charge >= 0.3 is 5.97 Å². The molecule has 156 valence electrons. The standard InChI is InChI=1S/C24H22BrNO3.ClH/c1-2-29-24(28)19-10-14-21(15-11-19)26-22(17-8-12-20(25)13-9-17)16-23(27)18-6-4-3-5-7-18;/h3-15,22,26H,2,16H2,1H3;1H. The second-order valence-corrected chi connectivity index (χ2v) is 7.46. The maximum Gasteiger partial charge on any atom is 0.338 e. The molecule has 0 aliphatic rings. The number of anilines is 1. The monoisotopic (exact) mass is 487 g/mol. The summed E-state index contributed by atoms with van der Waals surface area (Å²) in [5.41, 5.74) is 3.02. The van der Waals surface area contributed by atoms with Crippen molar-refractivity contribution in [3.05, 3.63) is 100 Å². The Morgan fingerprint density at radius 1 is 0.900 bits per heavy atom. The van der Waals surface area contributed by atoms with Gasteiger partial charge in [0.2, 0.25) is 0 Å². The summed E-state index contributed by atoms with van der Waals surface area (Å²) >= 11 is 3.45. The highest BCUT2D eigenvalue weighted by atomic mass is 79.9. The topological polar surface area (TPSA) is 55.4 Å². The van der Waals surface area contributed by atoms with E-state index in [-0.39, 0.29) is 30.2 Å². The first kappa shape index (κ1) is 23.6. The van der Waals surface area contributed by atoms with Crippen LogP contribution in [0.2, 0.25) is 0 Å². The number of nitrogens with one attached hydrogen (secondary N) is 1. The molecule has 0 spiro atoms. The zero-order valence-corrected chi connectivity index (χ0v) is 18.9. The lowest BCUT2D eigenvalue weighted by molar-refractivity contribution is 0.0526. The Morgan fingerprint density at radius 2 is 1.53 bits per heavy atom. The summed E-state index contributed by atoms with van der Waals surface area (Å²) in [6.45, 7) is 2.12. The molecule has 0 radical (unpaired) electrons. The predicted molar refractivity (Wildman–Crippen MR) is 126 cm³/mol. The lowest BCUT2D eigenvalue weighted by atomic mass is 9.97. The highest BCUT2D eigenvalue weighted by Crippen LogP contribution is 2.26. The summed E-state index contributed by atoms with van der Waals surface area (Å²) in [7, 11) is 0. The molecule has 1 unspecified atom stereocenters. The van der Waals surface area contributed by atoms with Gasteiger partial charge in [0.05, 0.1) is 18.2 Å². The second kappa shape index (κ2) is 11.5. The predicted octanol–water partition coefficient (Wildman–Crippen LogP) is 6.47. The molecule has 3 aromatic rings. The summed E-state index contributed by atoms with van der Waals surface area (Å²) in [5, 5.41) is 3.43. The summed E-state index contributed by atoms with van der Waals surface area (Å²) in [6.07, 6.45) is 0.311. The molecule has 0 saturated carbocycles. The first-order valence-electron chi connectivity index (χ1n) is 9.44. The normalized spacial score (nSPS) is 11.1. The quantitative estimate of drug-likeness (QED) is 0.291. The minimum absolute atomic E-state index is 0. The molecule has 4 nitrogen and oxygen atoms in total. The number of esters is 1. The van der Waals surface area contributed by atoms with E-state index in [9.17, 15) is 9.59 Å². The molecule has 1 N–H and O–H groups in total. The van der Waals surface area contributed by atoms with Gasteiger partial charge in [0.1, 0.15) is 0 Å². The van der Waals surface area contributed by atoms with Crippen LogP contribution in [0.4, 0.5) is 5.69 Å². The summed E-state index contributed by atoms with van der Waals surface area (Å²) in [5.74, 6) is -0.281. The number of ether oxygens (including phenoxy) is 1. The van der Waals surface area contributed by atoms with Crippen LogP contribution >= 0.6 is 28.3 Å². The number of hydrogen-bond donors (Lipinski definition) is 1. The van der Waals surface area contributed by atoms with Gasteiger partial charge in [-0.3, -0.25) is 4.79 Å². The number of rotatable bonds is 8. The first-order chi connectivity index (χ1) is 14.1. The van der Waals surface area contributed by atoms with E-state index >= 15 is 0 Å². The van der Waals surface area contributed by atoms with Crippen LogP contribution in [0.3, 0.4) is 0 Å². The van der Waals surface area contributed by atoms with Gasteiger partial charge in [-0.15, -0.1) is 12.4 Å². The number of carbonyl (C=O) groups excluding carboxylic acids is 2. The van der Waals surface area contributed by atoms with Crippen molar-refractivity contribution < 1.29 is 14.3 Å². The molecular weight excluding hydrogens is 466 g/mol. The van der Waals surface area contributed by atoms with Crippen molar-refractivity contribution in [2.45, 2.75) is 19.4 Å². The maximum absolute atomic E-state index is 12.8. The van der Waals surface area contributed by atoms with Gasteiger partial charge in [-0.05, 0) is 48.9 Å². The van der Waals surface area contributed by atoms with Crippen molar-refractivity contribution in [2.24, 2.45) is 0 Å². The Morgan fingerprint density at radius 3 is 2.13 bits per heavy atom. The number of hydrogen-bond acceptors (Lipinski definition) is 4. The molecule has 0 fully saturated rings. The summed E-state index contributed by atoms with van der Waals surface area (Å²) in [6, 6.07) is 24.1. The van der Waals surface area contributed by atoms with Crippen molar-refractivity contribution in [1.29, 1.82) is 0 Å². The van der Waals surface area contributed by atoms with E-state index in [0.29, 0.717) is 24.2 Å². The number of benzene rings is 3. The van der Waals surface area contributed by atoms with Crippen LogP contribution in [0.5, 0.6) is 0 Å². The molecule has 0 amide bonds. The molecule has 0 saturated heterocycles. The lowest BCUT2D eigenvalue weighted by Gasteiger charge is -2.20. The molecular formula is C24H23BrClNO3. The van der Waals surface area contributed by atoms with Crippen LogP contribution in [-0.2, 0) is 4.74 Å². The maximum atomic E-state index is 12.8. The zero-order valence-electron chi connectivity index (χ0n) is 16.5. The zero-order chi connectivity index (χ0) is 20.6. The van der Waals surface area contributed by atoms with Gasteiger partial charge in [0.25, 0.3) is 0 Å². The van der Waals surface area contributed by atoms with Crippen LogP contribution < -0.4 is 5.32 Å². The van der Waals surface area contributed by atoms with Crippen LogP contribution in [0.25, 0.3) is 0 Å². The average molecular weight is 489 g/mol. The largest absolute Gasteiger partial charge is 0.462 e. The Labute approximate surface area is 191 Å². The molecule has 30 heavy (non-hydrogen) atoms. The van der Waals surface area contributed by atoms with E-state index in [4.69, 9.17) is 4.74 Å². The molecule has 3 rings (SSSR count). The van der Waals surface area contributed by atoms with Gasteiger partial charge < -0.3 is 10.1 Å². The highest BCUT2D eigenvalue weighted by molar-refractivity contribution is 9.10. The smallest absolute Gasteiger partial charge is 0.338 e. The molecule has 0 heterocycles. The molecule has 0 aromatic heterocycles. The molecule has 3 aromatic carbocycles. The third kappa shape index (κ3) is 6.44. The third-order valence-electron chi connectivity index (χ3n) is 4.49. The van der Waals surface area contributed by atoms with Gasteiger partial charge in [-0.2, -0.15) is 0 Å². The molecule has 6 heteroatoms. The van der Waals surface area contributed by atoms with Crippen LogP contribution in [0.1, 0.15) is 45.7 Å². The Bertz CT molecular complexity index is 960. The number of Topliss-reactive ketones (excluding diaryl/α,β-unsaturated/α-hetero) is 1. The Balaban J connectivity index is 0.00000320. The Hall–Kier alpha value is -2.63. The van der Waals surface area contributed by atoms with Crippen LogP contribution in [0, 0.1) is 0 Å². The Kier molecular flexibility index (Phi) is 9.09. The second-order valence-electron chi connectivity index (χ2n) is 6.54. The fourth-order valence-corrected chi connectivity index (χ4v) is 3.26. The van der Waals surface area contributed by atoms with Crippen LogP contribution in [0.15, 0.2) is 83.3 Å². The SMILES string of the molecule is CCOC(=O)c1ccc(NC(CC(=O)c2ccccc2)c2ccc(Br)cc2)cc1.Cl. The van der Waals surface area contributed by atoms with Crippen molar-refractivity contribution in [2.75, 3.05) is 11.9 Å². The van der Waals surface area contributed by atoms with Crippen molar-refractivity contribution in [3.63, 3.8) is 0 Å². The lowest BCUT2D eigenvalue weighted by Crippen LogP contribution is -2.16. The molecule has 0 aliphatic carbocycles. The molecule has 0 aliphatic heterocycles. The number of carbonyl (C=O) groups is 2. The van der Waals surface area contributed by atoms with E-state index < -0.39 is 0 Å². The van der Waals surface area contributed by atoms with Gasteiger partial charge in [-0.1, -0.05) is 58.4 Å². The minimum atomic E-state index is -0.345. The number of ketones is 1. The summed E-state index contributed by atoms with van der Waals surface area (Å²) < 4.78 is 6.00. The van der Waals surface area contributed by atoms with Crippen LogP contribution in [-0.4, -0.2) is 18.4 Å². The average Bonchev–Trinajstić information content (AvgIpc) is 2.75. The third-order valence-corrected chi connectivity index (χ3v) is 5.02. The highest BCUT2D eigenvalue weighted by Gasteiger charge is 2.18. The number of halogens is 2. The van der Waals surface area contributed by atoms with Crippen molar-refractivity contribution in [3.8, 4) is 0 Å². The fraction of sp³-hybridized carbons (Fsp3) is 0.167. The van der Waals surface area contributed by atoms with E-state index in [2.05, 4.69) is 21.2 Å². The minimum Gasteiger partial charge on any atom is -0.462 e. The summed E-state index contributed by atoms with van der Waals surface area (Å²) in [4.78, 5) is 24.6. The van der Waals surface area contributed by atoms with Gasteiger partial charge in [-0.25, -0.2) is 4.79 Å². The van der Waals surface area contributed by atoms with Gasteiger partial charge in [0.15, 0.2) is 5.78 Å². The molecule has 1 atom stereocenters.